The normalized spacial score (nSPS) is 17.1. The van der Waals surface area contributed by atoms with Crippen molar-refractivity contribution in [3.63, 3.8) is 0 Å². The fourth-order valence-corrected chi connectivity index (χ4v) is 3.21. The van der Waals surface area contributed by atoms with Gasteiger partial charge in [-0.3, -0.25) is 9.97 Å². The Hall–Kier alpha value is -3.09. The Morgan fingerprint density at radius 1 is 0.962 bits per heavy atom. The number of aryl methyl sites for hydroxylation is 1. The van der Waals surface area contributed by atoms with Gasteiger partial charge in [-0.05, 0) is 38.0 Å². The average molecular weight is 348 g/mol. The quantitative estimate of drug-likeness (QED) is 0.717. The highest BCUT2D eigenvalue weighted by Crippen LogP contribution is 2.33. The van der Waals surface area contributed by atoms with Crippen molar-refractivity contribution in [3.05, 3.63) is 60.6 Å². The minimum atomic E-state index is 0.216. The Kier molecular flexibility index (Phi) is 4.68. The van der Waals surface area contributed by atoms with Gasteiger partial charge < -0.3 is 9.64 Å². The van der Waals surface area contributed by atoms with E-state index in [0.29, 0.717) is 11.6 Å². The van der Waals surface area contributed by atoms with Crippen molar-refractivity contribution in [2.75, 3.05) is 18.0 Å². The SMILES string of the molecule is Cc1ncccc1Oc1nccnc1[C@H]1CCCN(c2ncccn2)C1. The number of piperidine rings is 1. The van der Waals surface area contributed by atoms with Crippen molar-refractivity contribution >= 4 is 5.95 Å². The molecule has 0 unspecified atom stereocenters. The maximum absolute atomic E-state index is 6.05. The Balaban J connectivity index is 1.59. The fourth-order valence-electron chi connectivity index (χ4n) is 3.21. The van der Waals surface area contributed by atoms with E-state index in [4.69, 9.17) is 4.74 Å². The van der Waals surface area contributed by atoms with E-state index in [9.17, 15) is 0 Å². The molecule has 4 heterocycles. The number of nitrogens with zero attached hydrogens (tertiary/aromatic N) is 6. The zero-order valence-electron chi connectivity index (χ0n) is 14.6. The van der Waals surface area contributed by atoms with Crippen molar-refractivity contribution in [2.24, 2.45) is 0 Å². The van der Waals surface area contributed by atoms with Gasteiger partial charge in [-0.15, -0.1) is 0 Å². The van der Waals surface area contributed by atoms with Gasteiger partial charge in [0.25, 0.3) is 0 Å². The highest BCUT2D eigenvalue weighted by atomic mass is 16.5. The molecule has 0 saturated carbocycles. The molecule has 0 amide bonds. The molecule has 1 aliphatic rings. The van der Waals surface area contributed by atoms with Crippen LogP contribution in [0.5, 0.6) is 11.6 Å². The highest BCUT2D eigenvalue weighted by molar-refractivity contribution is 5.36. The van der Waals surface area contributed by atoms with E-state index < -0.39 is 0 Å². The van der Waals surface area contributed by atoms with Crippen molar-refractivity contribution in [1.82, 2.24) is 24.9 Å². The van der Waals surface area contributed by atoms with E-state index in [0.717, 1.165) is 43.3 Å². The lowest BCUT2D eigenvalue weighted by atomic mass is 9.95. The molecule has 1 aliphatic heterocycles. The third kappa shape index (κ3) is 3.46. The van der Waals surface area contributed by atoms with E-state index in [-0.39, 0.29) is 5.92 Å². The molecule has 1 fully saturated rings. The van der Waals surface area contributed by atoms with E-state index in [2.05, 4.69) is 29.8 Å². The van der Waals surface area contributed by atoms with Crippen molar-refractivity contribution in [2.45, 2.75) is 25.7 Å². The summed E-state index contributed by atoms with van der Waals surface area (Å²) >= 11 is 0. The Bertz CT molecular complexity index is 873. The van der Waals surface area contributed by atoms with Crippen LogP contribution in [0.4, 0.5) is 5.95 Å². The van der Waals surface area contributed by atoms with Crippen LogP contribution in [-0.4, -0.2) is 38.0 Å². The van der Waals surface area contributed by atoms with E-state index in [1.807, 2.05) is 25.1 Å². The third-order valence-electron chi connectivity index (χ3n) is 4.50. The van der Waals surface area contributed by atoms with Gasteiger partial charge in [0, 0.05) is 50.0 Å². The topological polar surface area (TPSA) is 76.9 Å². The van der Waals surface area contributed by atoms with Crippen LogP contribution in [0.3, 0.4) is 0 Å². The van der Waals surface area contributed by atoms with E-state index in [1.54, 1.807) is 31.0 Å². The first kappa shape index (κ1) is 16.4. The molecule has 0 N–H and O–H groups in total. The standard InChI is InChI=1S/C19H20N6O/c1-14-16(6-2-7-20-14)26-18-17(21-10-11-22-18)15-5-3-12-25(13-15)19-23-8-4-9-24-19/h2,4,6-11,15H,3,5,12-13H2,1H3/t15-/m0/s1. The summed E-state index contributed by atoms with van der Waals surface area (Å²) in [5.74, 6) is 2.22. The van der Waals surface area contributed by atoms with Gasteiger partial charge >= 0.3 is 0 Å². The molecule has 0 aliphatic carbocycles. The number of hydrogen-bond acceptors (Lipinski definition) is 7. The molecule has 0 spiro atoms. The first-order valence-corrected chi connectivity index (χ1v) is 8.73. The Morgan fingerprint density at radius 2 is 1.77 bits per heavy atom. The number of hydrogen-bond donors (Lipinski definition) is 0. The number of pyridine rings is 1. The Morgan fingerprint density at radius 3 is 2.62 bits per heavy atom. The summed E-state index contributed by atoms with van der Waals surface area (Å²) in [6.07, 6.45) is 10.7. The molecule has 26 heavy (non-hydrogen) atoms. The molecular weight excluding hydrogens is 328 g/mol. The van der Waals surface area contributed by atoms with E-state index >= 15 is 0 Å². The number of ether oxygens (including phenoxy) is 1. The maximum Gasteiger partial charge on any atom is 0.241 e. The molecule has 3 aromatic rings. The molecule has 0 bridgehead atoms. The molecule has 1 saturated heterocycles. The van der Waals surface area contributed by atoms with Gasteiger partial charge in [0.1, 0.15) is 5.69 Å². The van der Waals surface area contributed by atoms with Crippen molar-refractivity contribution in [3.8, 4) is 11.6 Å². The number of aromatic nitrogens is 5. The van der Waals surface area contributed by atoms with Crippen LogP contribution in [0.1, 0.15) is 30.1 Å². The van der Waals surface area contributed by atoms with Crippen LogP contribution in [0.2, 0.25) is 0 Å². The predicted octanol–water partition coefficient (Wildman–Crippen LogP) is 3.15. The van der Waals surface area contributed by atoms with Gasteiger partial charge in [0.15, 0.2) is 5.75 Å². The van der Waals surface area contributed by atoms with Gasteiger partial charge in [-0.2, -0.15) is 0 Å². The van der Waals surface area contributed by atoms with Crippen molar-refractivity contribution in [1.29, 1.82) is 0 Å². The van der Waals surface area contributed by atoms with Crippen LogP contribution in [0, 0.1) is 6.92 Å². The second-order valence-electron chi connectivity index (χ2n) is 6.27. The first-order chi connectivity index (χ1) is 12.8. The fraction of sp³-hybridized carbons (Fsp3) is 0.316. The van der Waals surface area contributed by atoms with Gasteiger partial charge in [0.05, 0.1) is 5.69 Å². The summed E-state index contributed by atoms with van der Waals surface area (Å²) in [6, 6.07) is 5.58. The Labute approximate surface area is 152 Å². The monoisotopic (exact) mass is 348 g/mol. The predicted molar refractivity (Wildman–Crippen MR) is 97.3 cm³/mol. The van der Waals surface area contributed by atoms with Crippen molar-refractivity contribution < 1.29 is 4.74 Å². The summed E-state index contributed by atoms with van der Waals surface area (Å²) in [5.41, 5.74) is 1.70. The lowest BCUT2D eigenvalue weighted by Gasteiger charge is -2.32. The summed E-state index contributed by atoms with van der Waals surface area (Å²) in [4.78, 5) is 24.2. The second-order valence-corrected chi connectivity index (χ2v) is 6.27. The first-order valence-electron chi connectivity index (χ1n) is 8.73. The molecule has 132 valence electrons. The largest absolute Gasteiger partial charge is 0.435 e. The molecule has 4 rings (SSSR count). The second kappa shape index (κ2) is 7.43. The molecule has 7 heteroatoms. The number of anilines is 1. The summed E-state index contributed by atoms with van der Waals surface area (Å²) in [7, 11) is 0. The van der Waals surface area contributed by atoms with Gasteiger partial charge in [0.2, 0.25) is 11.8 Å². The third-order valence-corrected chi connectivity index (χ3v) is 4.50. The average Bonchev–Trinajstić information content (AvgIpc) is 2.71. The van der Waals surface area contributed by atoms with Crippen LogP contribution in [-0.2, 0) is 0 Å². The molecule has 1 atom stereocenters. The molecular formula is C19H20N6O. The molecule has 0 radical (unpaired) electrons. The van der Waals surface area contributed by atoms with Crippen LogP contribution in [0.25, 0.3) is 0 Å². The zero-order chi connectivity index (χ0) is 17.8. The lowest BCUT2D eigenvalue weighted by Crippen LogP contribution is -2.36. The summed E-state index contributed by atoms with van der Waals surface area (Å²) in [6.45, 7) is 3.66. The molecule has 7 nitrogen and oxygen atoms in total. The van der Waals surface area contributed by atoms with Crippen LogP contribution < -0.4 is 9.64 Å². The summed E-state index contributed by atoms with van der Waals surface area (Å²) < 4.78 is 6.05. The van der Waals surface area contributed by atoms with E-state index in [1.165, 1.54) is 0 Å². The smallest absolute Gasteiger partial charge is 0.241 e. The zero-order valence-corrected chi connectivity index (χ0v) is 14.6. The molecule has 0 aromatic carbocycles. The van der Waals surface area contributed by atoms with Crippen LogP contribution in [0.15, 0.2) is 49.2 Å². The summed E-state index contributed by atoms with van der Waals surface area (Å²) in [5, 5.41) is 0. The minimum absolute atomic E-state index is 0.216. The lowest BCUT2D eigenvalue weighted by molar-refractivity contribution is 0.422. The highest BCUT2D eigenvalue weighted by Gasteiger charge is 2.27. The van der Waals surface area contributed by atoms with Crippen LogP contribution >= 0.6 is 0 Å². The number of rotatable bonds is 4. The van der Waals surface area contributed by atoms with Gasteiger partial charge in [-0.1, -0.05) is 0 Å². The minimum Gasteiger partial charge on any atom is -0.435 e. The maximum atomic E-state index is 6.05. The van der Waals surface area contributed by atoms with Gasteiger partial charge in [-0.25, -0.2) is 15.0 Å². The molecule has 3 aromatic heterocycles.